The Bertz CT molecular complexity index is 1070. The molecule has 2 aliphatic carbocycles. The lowest BCUT2D eigenvalue weighted by atomic mass is 9.88. The molecule has 0 saturated carbocycles. The van der Waals surface area contributed by atoms with Crippen LogP contribution in [0.1, 0.15) is 48.9 Å². The van der Waals surface area contributed by atoms with Crippen molar-refractivity contribution in [1.29, 1.82) is 0 Å². The molecule has 4 rings (SSSR count). The maximum Gasteiger partial charge on any atom is -0.00193 e. The van der Waals surface area contributed by atoms with Gasteiger partial charge in [-0.25, -0.2) is 0 Å². The number of fused-ring (bicyclic) bond motifs is 1. The van der Waals surface area contributed by atoms with Crippen LogP contribution in [0.4, 0.5) is 0 Å². The summed E-state index contributed by atoms with van der Waals surface area (Å²) in [4.78, 5) is 0. The summed E-state index contributed by atoms with van der Waals surface area (Å²) in [5.74, 6) is 0. The van der Waals surface area contributed by atoms with Crippen molar-refractivity contribution in [2.75, 3.05) is 0 Å². The minimum atomic E-state index is 0.953. The Hall–Kier alpha value is -2.86. The standard InChI is InChI=1S/C28H28/c1-5-6-10-26-21(4)16-24-15-14-23(18-28(24)26)22-13-12-20(3)27(17-22)25-11-8-7-9-19(25)2/h5-6,8,10-15,17-18H,4,7,9,16H2,1-3H3/b6-5-,26-10+. The molecule has 0 aromatic heterocycles. The van der Waals surface area contributed by atoms with Crippen LogP contribution in [0.3, 0.4) is 0 Å². The van der Waals surface area contributed by atoms with Gasteiger partial charge in [0.1, 0.15) is 0 Å². The molecule has 28 heavy (non-hydrogen) atoms. The van der Waals surface area contributed by atoms with Crippen molar-refractivity contribution in [3.8, 4) is 11.1 Å². The quantitative estimate of drug-likeness (QED) is 0.520. The van der Waals surface area contributed by atoms with Gasteiger partial charge in [-0.3, -0.25) is 0 Å². The first-order chi connectivity index (χ1) is 13.6. The van der Waals surface area contributed by atoms with Gasteiger partial charge in [-0.1, -0.05) is 66.8 Å². The lowest BCUT2D eigenvalue weighted by Gasteiger charge is -2.16. The largest absolute Gasteiger partial charge is 0.0949 e. The zero-order chi connectivity index (χ0) is 19.7. The normalized spacial score (nSPS) is 17.8. The highest BCUT2D eigenvalue weighted by Gasteiger charge is 2.20. The smallest absolute Gasteiger partial charge is 0.00193 e. The van der Waals surface area contributed by atoms with Crippen molar-refractivity contribution < 1.29 is 0 Å². The highest BCUT2D eigenvalue weighted by Crippen LogP contribution is 2.39. The molecule has 0 atom stereocenters. The molecule has 0 radical (unpaired) electrons. The Balaban J connectivity index is 1.80. The van der Waals surface area contributed by atoms with Gasteiger partial charge in [0.15, 0.2) is 0 Å². The van der Waals surface area contributed by atoms with Crippen LogP contribution < -0.4 is 0 Å². The number of hydrogen-bond acceptors (Lipinski definition) is 0. The third kappa shape index (κ3) is 3.36. The molecule has 0 fully saturated rings. The average Bonchev–Trinajstić information content (AvgIpc) is 3.01. The zero-order valence-corrected chi connectivity index (χ0v) is 17.2. The molecule has 0 nitrogen and oxygen atoms in total. The van der Waals surface area contributed by atoms with Crippen LogP contribution in [-0.4, -0.2) is 0 Å². The van der Waals surface area contributed by atoms with Crippen LogP contribution in [0.15, 0.2) is 84.5 Å². The van der Waals surface area contributed by atoms with Gasteiger partial charge in [0.25, 0.3) is 0 Å². The van der Waals surface area contributed by atoms with E-state index in [1.807, 2.05) is 0 Å². The zero-order valence-electron chi connectivity index (χ0n) is 17.2. The van der Waals surface area contributed by atoms with Gasteiger partial charge in [-0.2, -0.15) is 0 Å². The molecular formula is C28H28. The number of hydrogen-bond donors (Lipinski definition) is 0. The first kappa shape index (κ1) is 18.5. The Labute approximate surface area is 169 Å². The van der Waals surface area contributed by atoms with Gasteiger partial charge in [0.05, 0.1) is 0 Å². The van der Waals surface area contributed by atoms with Crippen molar-refractivity contribution in [2.45, 2.75) is 40.0 Å². The third-order valence-corrected chi connectivity index (χ3v) is 5.93. The van der Waals surface area contributed by atoms with Gasteiger partial charge in [-0.05, 0) is 102 Å². The van der Waals surface area contributed by atoms with E-state index in [2.05, 4.69) is 94.1 Å². The maximum absolute atomic E-state index is 4.28. The molecule has 140 valence electrons. The van der Waals surface area contributed by atoms with E-state index in [4.69, 9.17) is 0 Å². The fourth-order valence-corrected chi connectivity index (χ4v) is 4.27. The molecule has 0 N–H and O–H groups in total. The molecule has 0 spiro atoms. The molecule has 0 saturated heterocycles. The van der Waals surface area contributed by atoms with Gasteiger partial charge < -0.3 is 0 Å². The van der Waals surface area contributed by atoms with Gasteiger partial charge in [0, 0.05) is 0 Å². The van der Waals surface area contributed by atoms with E-state index in [9.17, 15) is 0 Å². The van der Waals surface area contributed by atoms with Crippen molar-refractivity contribution in [3.63, 3.8) is 0 Å². The summed E-state index contributed by atoms with van der Waals surface area (Å²) in [6.45, 7) is 10.8. The minimum absolute atomic E-state index is 0.953. The number of aryl methyl sites for hydroxylation is 1. The highest BCUT2D eigenvalue weighted by atomic mass is 14.2. The van der Waals surface area contributed by atoms with Gasteiger partial charge in [0.2, 0.25) is 0 Å². The van der Waals surface area contributed by atoms with E-state index in [1.54, 1.807) is 0 Å². The third-order valence-electron chi connectivity index (χ3n) is 5.93. The molecule has 0 aliphatic heterocycles. The molecule has 2 aromatic rings. The average molecular weight is 365 g/mol. The van der Waals surface area contributed by atoms with Crippen molar-refractivity contribution in [1.82, 2.24) is 0 Å². The van der Waals surface area contributed by atoms with Crippen LogP contribution in [0.2, 0.25) is 0 Å². The predicted octanol–water partition coefficient (Wildman–Crippen LogP) is 7.86. The summed E-state index contributed by atoms with van der Waals surface area (Å²) >= 11 is 0. The molecule has 2 aromatic carbocycles. The van der Waals surface area contributed by atoms with Crippen molar-refractivity contribution in [3.05, 3.63) is 107 Å². The summed E-state index contributed by atoms with van der Waals surface area (Å²) in [6.07, 6.45) is 14.2. The van der Waals surface area contributed by atoms with Crippen molar-refractivity contribution >= 4 is 11.1 Å². The molecule has 0 unspecified atom stereocenters. The number of allylic oxidation sites excluding steroid dienone is 9. The summed E-state index contributed by atoms with van der Waals surface area (Å²) in [6, 6.07) is 13.8. The summed E-state index contributed by atoms with van der Waals surface area (Å²) in [5.41, 5.74) is 13.3. The van der Waals surface area contributed by atoms with E-state index in [0.29, 0.717) is 0 Å². The lowest BCUT2D eigenvalue weighted by molar-refractivity contribution is 0.967. The summed E-state index contributed by atoms with van der Waals surface area (Å²) in [5, 5.41) is 0. The van der Waals surface area contributed by atoms with Crippen LogP contribution in [-0.2, 0) is 6.42 Å². The molecular weight excluding hydrogens is 336 g/mol. The number of benzene rings is 2. The fourth-order valence-electron chi connectivity index (χ4n) is 4.27. The van der Waals surface area contributed by atoms with Crippen LogP contribution in [0, 0.1) is 6.92 Å². The highest BCUT2D eigenvalue weighted by molar-refractivity contribution is 5.89. The molecule has 2 aliphatic rings. The SMILES string of the molecule is C=C1Cc2ccc(-c3ccc(C)c(C4=C(C)CCC=C4)c3)cc2/C1=C/C=C\C. The number of rotatable bonds is 3. The van der Waals surface area contributed by atoms with Crippen LogP contribution >= 0.6 is 0 Å². The Morgan fingerprint density at radius 1 is 0.964 bits per heavy atom. The first-order valence-electron chi connectivity index (χ1n) is 10.2. The summed E-state index contributed by atoms with van der Waals surface area (Å²) in [7, 11) is 0. The van der Waals surface area contributed by atoms with Crippen LogP contribution in [0.5, 0.6) is 0 Å². The Kier molecular flexibility index (Phi) is 5.05. The fraction of sp³-hybridized carbons (Fsp3) is 0.214. The van der Waals surface area contributed by atoms with Gasteiger partial charge >= 0.3 is 0 Å². The lowest BCUT2D eigenvalue weighted by Crippen LogP contribution is -1.95. The molecule has 0 bridgehead atoms. The van der Waals surface area contributed by atoms with Crippen LogP contribution in [0.25, 0.3) is 22.3 Å². The second-order valence-corrected chi connectivity index (χ2v) is 7.92. The second kappa shape index (κ2) is 7.64. The monoisotopic (exact) mass is 364 g/mol. The van der Waals surface area contributed by atoms with E-state index in [-0.39, 0.29) is 0 Å². The van der Waals surface area contributed by atoms with Gasteiger partial charge in [-0.15, -0.1) is 0 Å². The van der Waals surface area contributed by atoms with E-state index < -0.39 is 0 Å². The first-order valence-corrected chi connectivity index (χ1v) is 10.2. The van der Waals surface area contributed by atoms with E-state index in [1.165, 1.54) is 55.7 Å². The molecule has 0 heteroatoms. The Morgan fingerprint density at radius 2 is 1.71 bits per heavy atom. The molecule has 0 amide bonds. The Morgan fingerprint density at radius 3 is 2.46 bits per heavy atom. The van der Waals surface area contributed by atoms with E-state index >= 15 is 0 Å². The summed E-state index contributed by atoms with van der Waals surface area (Å²) < 4.78 is 0. The maximum atomic E-state index is 4.28. The van der Waals surface area contributed by atoms with E-state index in [0.717, 1.165) is 19.3 Å². The predicted molar refractivity (Wildman–Crippen MR) is 123 cm³/mol. The minimum Gasteiger partial charge on any atom is -0.0949 e. The van der Waals surface area contributed by atoms with Crippen molar-refractivity contribution in [2.24, 2.45) is 0 Å². The topological polar surface area (TPSA) is 0 Å². The second-order valence-electron chi connectivity index (χ2n) is 7.92. The molecule has 0 heterocycles.